The second-order valence-corrected chi connectivity index (χ2v) is 4.93. The molecule has 0 amide bonds. The number of rotatable bonds is 5. The molecule has 0 N–H and O–H groups in total. The van der Waals surface area contributed by atoms with Crippen LogP contribution in [0.15, 0.2) is 16.9 Å². The van der Waals surface area contributed by atoms with Crippen LogP contribution in [0.1, 0.15) is 32.0 Å². The van der Waals surface area contributed by atoms with Crippen LogP contribution in [0, 0.1) is 0 Å². The summed E-state index contributed by atoms with van der Waals surface area (Å²) < 4.78 is 12.6. The lowest BCUT2D eigenvalue weighted by molar-refractivity contribution is 0.356. The fourth-order valence-electron chi connectivity index (χ4n) is 3.03. The van der Waals surface area contributed by atoms with E-state index in [1.54, 1.807) is 20.3 Å². The SMILES string of the molecule is CCc1c(CC)n(CC)c(=O)c2cc(OC)c(OC)cc12. The van der Waals surface area contributed by atoms with Gasteiger partial charge in [-0.15, -0.1) is 0 Å². The topological polar surface area (TPSA) is 40.5 Å². The Morgan fingerprint density at radius 1 is 0.952 bits per heavy atom. The number of hydrogen-bond donors (Lipinski definition) is 0. The predicted octanol–water partition coefficient (Wildman–Crippen LogP) is 3.16. The van der Waals surface area contributed by atoms with E-state index in [9.17, 15) is 4.79 Å². The van der Waals surface area contributed by atoms with E-state index in [2.05, 4.69) is 13.8 Å². The molecule has 0 bridgehead atoms. The van der Waals surface area contributed by atoms with E-state index in [1.165, 1.54) is 5.56 Å². The standard InChI is InChI=1S/C17H23NO3/c1-6-11-12-9-15(20-4)16(21-5)10-13(12)17(19)18(8-3)14(11)7-2/h9-10H,6-8H2,1-5H3. The summed E-state index contributed by atoms with van der Waals surface area (Å²) in [6.45, 7) is 6.90. The smallest absolute Gasteiger partial charge is 0.258 e. The van der Waals surface area contributed by atoms with Gasteiger partial charge in [0.15, 0.2) is 11.5 Å². The Bertz CT molecular complexity index is 716. The molecule has 1 heterocycles. The third-order valence-electron chi connectivity index (χ3n) is 4.00. The first-order valence-corrected chi connectivity index (χ1v) is 7.43. The summed E-state index contributed by atoms with van der Waals surface area (Å²) in [5, 5.41) is 1.67. The molecule has 0 spiro atoms. The lowest BCUT2D eigenvalue weighted by atomic mass is 9.99. The van der Waals surface area contributed by atoms with E-state index in [4.69, 9.17) is 9.47 Å². The Kier molecular flexibility index (Phi) is 4.56. The molecule has 1 aromatic heterocycles. The van der Waals surface area contributed by atoms with Crippen molar-refractivity contribution < 1.29 is 9.47 Å². The molecule has 2 rings (SSSR count). The summed E-state index contributed by atoms with van der Waals surface area (Å²) in [5.41, 5.74) is 2.38. The van der Waals surface area contributed by atoms with E-state index >= 15 is 0 Å². The summed E-state index contributed by atoms with van der Waals surface area (Å²) in [6.07, 6.45) is 1.73. The number of aryl methyl sites for hydroxylation is 1. The second-order valence-electron chi connectivity index (χ2n) is 4.93. The molecule has 0 aliphatic rings. The number of methoxy groups -OCH3 is 2. The van der Waals surface area contributed by atoms with Gasteiger partial charge in [0, 0.05) is 12.2 Å². The lowest BCUT2D eigenvalue weighted by Gasteiger charge is -2.18. The fraction of sp³-hybridized carbons (Fsp3) is 0.471. The monoisotopic (exact) mass is 289 g/mol. The van der Waals surface area contributed by atoms with Gasteiger partial charge in [-0.25, -0.2) is 0 Å². The number of benzene rings is 1. The average molecular weight is 289 g/mol. The third kappa shape index (κ3) is 2.39. The molecule has 4 heteroatoms. The molecule has 4 nitrogen and oxygen atoms in total. The van der Waals surface area contributed by atoms with Crippen molar-refractivity contribution in [1.29, 1.82) is 0 Å². The van der Waals surface area contributed by atoms with Crippen molar-refractivity contribution in [3.63, 3.8) is 0 Å². The van der Waals surface area contributed by atoms with Gasteiger partial charge in [-0.3, -0.25) is 4.79 Å². The summed E-state index contributed by atoms with van der Waals surface area (Å²) in [5.74, 6) is 1.26. The van der Waals surface area contributed by atoms with Crippen LogP contribution in [0.25, 0.3) is 10.8 Å². The Hall–Kier alpha value is -1.97. The van der Waals surface area contributed by atoms with Gasteiger partial charge in [0.2, 0.25) is 0 Å². The molecule has 21 heavy (non-hydrogen) atoms. The highest BCUT2D eigenvalue weighted by Gasteiger charge is 2.16. The second kappa shape index (κ2) is 6.20. The van der Waals surface area contributed by atoms with E-state index in [0.29, 0.717) is 23.4 Å². The van der Waals surface area contributed by atoms with E-state index in [1.807, 2.05) is 17.6 Å². The van der Waals surface area contributed by atoms with E-state index in [-0.39, 0.29) is 5.56 Å². The highest BCUT2D eigenvalue weighted by atomic mass is 16.5. The molecule has 2 aromatic rings. The van der Waals surface area contributed by atoms with Crippen molar-refractivity contribution in [3.8, 4) is 11.5 Å². The number of aromatic nitrogens is 1. The van der Waals surface area contributed by atoms with Gasteiger partial charge in [0.25, 0.3) is 5.56 Å². The maximum absolute atomic E-state index is 12.7. The van der Waals surface area contributed by atoms with Crippen LogP contribution < -0.4 is 15.0 Å². The Morgan fingerprint density at radius 3 is 1.95 bits per heavy atom. The van der Waals surface area contributed by atoms with Gasteiger partial charge < -0.3 is 14.0 Å². The minimum Gasteiger partial charge on any atom is -0.493 e. The number of fused-ring (bicyclic) bond motifs is 1. The Balaban J connectivity index is 2.99. The lowest BCUT2D eigenvalue weighted by Crippen LogP contribution is -2.24. The zero-order valence-electron chi connectivity index (χ0n) is 13.4. The van der Waals surface area contributed by atoms with Crippen molar-refractivity contribution in [1.82, 2.24) is 4.57 Å². The highest BCUT2D eigenvalue weighted by Crippen LogP contribution is 2.33. The molecule has 0 aliphatic carbocycles. The fourth-order valence-corrected chi connectivity index (χ4v) is 3.03. The van der Waals surface area contributed by atoms with Crippen LogP contribution >= 0.6 is 0 Å². The van der Waals surface area contributed by atoms with Crippen molar-refractivity contribution >= 4 is 10.8 Å². The molecule has 0 aliphatic heterocycles. The van der Waals surface area contributed by atoms with Gasteiger partial charge in [-0.05, 0) is 42.8 Å². The number of hydrogen-bond acceptors (Lipinski definition) is 3. The van der Waals surface area contributed by atoms with Gasteiger partial charge >= 0.3 is 0 Å². The first-order valence-electron chi connectivity index (χ1n) is 7.43. The summed E-state index contributed by atoms with van der Waals surface area (Å²) >= 11 is 0. The molecule has 0 fully saturated rings. The first-order chi connectivity index (χ1) is 10.1. The van der Waals surface area contributed by atoms with Gasteiger partial charge in [-0.1, -0.05) is 13.8 Å². The number of pyridine rings is 1. The van der Waals surface area contributed by atoms with Gasteiger partial charge in [-0.2, -0.15) is 0 Å². The maximum Gasteiger partial charge on any atom is 0.258 e. The molecule has 114 valence electrons. The molecular formula is C17H23NO3. The van der Waals surface area contributed by atoms with Crippen LogP contribution in [-0.2, 0) is 19.4 Å². The Morgan fingerprint density at radius 2 is 1.52 bits per heavy atom. The zero-order valence-corrected chi connectivity index (χ0v) is 13.4. The first kappa shape index (κ1) is 15.4. The largest absolute Gasteiger partial charge is 0.493 e. The number of nitrogens with zero attached hydrogens (tertiary/aromatic N) is 1. The summed E-state index contributed by atoms with van der Waals surface area (Å²) in [4.78, 5) is 12.7. The van der Waals surface area contributed by atoms with Crippen molar-refractivity contribution in [2.45, 2.75) is 40.2 Å². The number of ether oxygens (including phenoxy) is 2. The molecule has 0 radical (unpaired) electrons. The van der Waals surface area contributed by atoms with E-state index < -0.39 is 0 Å². The van der Waals surface area contributed by atoms with Crippen LogP contribution in [0.2, 0.25) is 0 Å². The molecule has 0 unspecified atom stereocenters. The highest BCUT2D eigenvalue weighted by molar-refractivity contribution is 5.89. The van der Waals surface area contributed by atoms with Gasteiger partial charge in [0.1, 0.15) is 0 Å². The Labute approximate surface area is 125 Å². The summed E-state index contributed by atoms with van der Waals surface area (Å²) in [7, 11) is 3.20. The van der Waals surface area contributed by atoms with Crippen LogP contribution in [0.5, 0.6) is 11.5 Å². The third-order valence-corrected chi connectivity index (χ3v) is 4.00. The summed E-state index contributed by atoms with van der Waals surface area (Å²) in [6, 6.07) is 3.72. The minimum absolute atomic E-state index is 0.0440. The zero-order chi connectivity index (χ0) is 15.6. The van der Waals surface area contributed by atoms with E-state index in [0.717, 1.165) is 23.9 Å². The average Bonchev–Trinajstić information content (AvgIpc) is 2.53. The quantitative estimate of drug-likeness (QED) is 0.849. The molecule has 0 saturated heterocycles. The van der Waals surface area contributed by atoms with Crippen molar-refractivity contribution in [2.24, 2.45) is 0 Å². The minimum atomic E-state index is 0.0440. The van der Waals surface area contributed by atoms with Crippen LogP contribution in [0.4, 0.5) is 0 Å². The van der Waals surface area contributed by atoms with Crippen molar-refractivity contribution in [3.05, 3.63) is 33.7 Å². The predicted molar refractivity (Wildman–Crippen MR) is 85.7 cm³/mol. The molecular weight excluding hydrogens is 266 g/mol. The molecule has 0 atom stereocenters. The molecule has 1 aromatic carbocycles. The van der Waals surface area contributed by atoms with Crippen LogP contribution in [-0.4, -0.2) is 18.8 Å². The van der Waals surface area contributed by atoms with Crippen LogP contribution in [0.3, 0.4) is 0 Å². The molecule has 0 saturated carbocycles. The van der Waals surface area contributed by atoms with Gasteiger partial charge in [0.05, 0.1) is 19.6 Å². The van der Waals surface area contributed by atoms with Crippen molar-refractivity contribution in [2.75, 3.05) is 14.2 Å². The normalized spacial score (nSPS) is 10.9. The maximum atomic E-state index is 12.7.